The SMILES string of the molecule is CCOC(=O)c1cc2c(N)nc3cc(-c4cccnn4)ccc3n2c1. The molecular formula is C18H15N5O2. The highest BCUT2D eigenvalue weighted by molar-refractivity contribution is 5.95. The fraction of sp³-hybridized carbons (Fsp3) is 0.111. The number of carbonyl (C=O) groups is 1. The number of carbonyl (C=O) groups excluding carboxylic acids is 1. The van der Waals surface area contributed by atoms with Gasteiger partial charge >= 0.3 is 5.97 Å². The maximum Gasteiger partial charge on any atom is 0.339 e. The average molecular weight is 333 g/mol. The summed E-state index contributed by atoms with van der Waals surface area (Å²) in [5.74, 6) is -0.0331. The summed E-state index contributed by atoms with van der Waals surface area (Å²) in [4.78, 5) is 16.5. The maximum absolute atomic E-state index is 12.0. The molecule has 7 nitrogen and oxygen atoms in total. The van der Waals surface area contributed by atoms with Crippen LogP contribution in [0.3, 0.4) is 0 Å². The van der Waals surface area contributed by atoms with E-state index in [0.29, 0.717) is 29.0 Å². The van der Waals surface area contributed by atoms with Gasteiger partial charge in [-0.1, -0.05) is 6.07 Å². The van der Waals surface area contributed by atoms with Gasteiger partial charge in [-0.15, -0.1) is 0 Å². The summed E-state index contributed by atoms with van der Waals surface area (Å²) >= 11 is 0. The molecule has 0 aliphatic rings. The van der Waals surface area contributed by atoms with E-state index in [2.05, 4.69) is 15.2 Å². The molecule has 1 aromatic carbocycles. The monoisotopic (exact) mass is 333 g/mol. The second-order valence-corrected chi connectivity index (χ2v) is 5.51. The van der Waals surface area contributed by atoms with Crippen molar-refractivity contribution in [1.29, 1.82) is 0 Å². The molecule has 0 saturated carbocycles. The van der Waals surface area contributed by atoms with Crippen LogP contribution in [0.1, 0.15) is 17.3 Å². The van der Waals surface area contributed by atoms with Gasteiger partial charge in [0, 0.05) is 18.0 Å². The Morgan fingerprint density at radius 2 is 2.12 bits per heavy atom. The largest absolute Gasteiger partial charge is 0.462 e. The lowest BCUT2D eigenvalue weighted by Crippen LogP contribution is -2.02. The summed E-state index contributed by atoms with van der Waals surface area (Å²) in [6.07, 6.45) is 3.34. The summed E-state index contributed by atoms with van der Waals surface area (Å²) in [5, 5.41) is 8.01. The Labute approximate surface area is 143 Å². The zero-order chi connectivity index (χ0) is 17.4. The van der Waals surface area contributed by atoms with Gasteiger partial charge in [0.05, 0.1) is 34.4 Å². The Balaban J connectivity index is 1.90. The molecule has 0 amide bonds. The highest BCUT2D eigenvalue weighted by Gasteiger charge is 2.14. The van der Waals surface area contributed by atoms with E-state index in [9.17, 15) is 4.79 Å². The maximum atomic E-state index is 12.0. The Kier molecular flexibility index (Phi) is 3.53. The summed E-state index contributed by atoms with van der Waals surface area (Å²) in [6.45, 7) is 2.09. The lowest BCUT2D eigenvalue weighted by atomic mass is 10.1. The molecule has 0 saturated heterocycles. The molecule has 4 rings (SSSR count). The fourth-order valence-electron chi connectivity index (χ4n) is 2.80. The highest BCUT2D eigenvalue weighted by atomic mass is 16.5. The summed E-state index contributed by atoms with van der Waals surface area (Å²) in [6, 6.07) is 11.2. The van der Waals surface area contributed by atoms with Gasteiger partial charge in [-0.25, -0.2) is 9.78 Å². The second-order valence-electron chi connectivity index (χ2n) is 5.51. The molecule has 7 heteroatoms. The summed E-state index contributed by atoms with van der Waals surface area (Å²) in [7, 11) is 0. The van der Waals surface area contributed by atoms with Crippen LogP contribution in [-0.4, -0.2) is 32.2 Å². The molecule has 3 heterocycles. The third-order valence-electron chi connectivity index (χ3n) is 3.94. The first-order valence-electron chi connectivity index (χ1n) is 7.84. The van der Waals surface area contributed by atoms with Crippen molar-refractivity contribution in [3.8, 4) is 11.3 Å². The number of hydrogen-bond donors (Lipinski definition) is 1. The molecule has 0 aliphatic carbocycles. The first-order valence-corrected chi connectivity index (χ1v) is 7.84. The number of aromatic nitrogens is 4. The Morgan fingerprint density at radius 3 is 2.88 bits per heavy atom. The van der Waals surface area contributed by atoms with Crippen LogP contribution in [0.4, 0.5) is 5.82 Å². The number of anilines is 1. The van der Waals surface area contributed by atoms with E-state index in [1.165, 1.54) is 0 Å². The van der Waals surface area contributed by atoms with Crippen molar-refractivity contribution in [2.24, 2.45) is 0 Å². The number of ether oxygens (including phenoxy) is 1. The Morgan fingerprint density at radius 1 is 1.24 bits per heavy atom. The first-order chi connectivity index (χ1) is 12.2. The van der Waals surface area contributed by atoms with Crippen LogP contribution >= 0.6 is 0 Å². The smallest absolute Gasteiger partial charge is 0.339 e. The lowest BCUT2D eigenvalue weighted by molar-refractivity contribution is 0.0526. The van der Waals surface area contributed by atoms with Crippen molar-refractivity contribution in [2.75, 3.05) is 12.3 Å². The van der Waals surface area contributed by atoms with Crippen molar-refractivity contribution in [2.45, 2.75) is 6.92 Å². The molecule has 0 atom stereocenters. The van der Waals surface area contributed by atoms with E-state index in [0.717, 1.165) is 16.8 Å². The van der Waals surface area contributed by atoms with Gasteiger partial charge in [0.1, 0.15) is 5.82 Å². The van der Waals surface area contributed by atoms with Crippen molar-refractivity contribution in [3.05, 3.63) is 54.4 Å². The van der Waals surface area contributed by atoms with Crippen molar-refractivity contribution >= 4 is 28.3 Å². The normalized spacial score (nSPS) is 11.1. The van der Waals surface area contributed by atoms with Gasteiger partial charge in [-0.2, -0.15) is 10.2 Å². The predicted molar refractivity (Wildman–Crippen MR) is 94.1 cm³/mol. The van der Waals surface area contributed by atoms with Crippen LogP contribution in [0.25, 0.3) is 27.8 Å². The standard InChI is InChI=1S/C18H15N5O2/c1-2-25-18(24)12-9-16-17(19)21-14-8-11(13-4-3-7-20-22-13)5-6-15(14)23(16)10-12/h3-10H,2H2,1H3,(H2,19,21). The van der Waals surface area contributed by atoms with Crippen molar-refractivity contribution in [3.63, 3.8) is 0 Å². The number of fused-ring (bicyclic) bond motifs is 3. The molecular weight excluding hydrogens is 318 g/mol. The molecule has 0 spiro atoms. The average Bonchev–Trinajstić information content (AvgIpc) is 3.09. The van der Waals surface area contributed by atoms with Crippen LogP contribution in [0.15, 0.2) is 48.8 Å². The van der Waals surface area contributed by atoms with E-state index < -0.39 is 0 Å². The number of nitrogens with two attached hydrogens (primary N) is 1. The van der Waals surface area contributed by atoms with Gasteiger partial charge in [-0.05, 0) is 37.3 Å². The highest BCUT2D eigenvalue weighted by Crippen LogP contribution is 2.26. The minimum absolute atomic E-state index is 0.320. The number of hydrogen-bond acceptors (Lipinski definition) is 6. The number of esters is 1. The van der Waals surface area contributed by atoms with Gasteiger partial charge in [0.25, 0.3) is 0 Å². The minimum atomic E-state index is -0.380. The molecule has 0 radical (unpaired) electrons. The number of benzene rings is 1. The second kappa shape index (κ2) is 5.86. The molecule has 4 aromatic rings. The molecule has 0 bridgehead atoms. The van der Waals surface area contributed by atoms with Gasteiger partial charge < -0.3 is 14.9 Å². The number of nitrogen functional groups attached to an aromatic ring is 1. The Hall–Kier alpha value is -3.48. The van der Waals surface area contributed by atoms with Crippen LogP contribution in [0.2, 0.25) is 0 Å². The number of nitrogens with zero attached hydrogens (tertiary/aromatic N) is 4. The third kappa shape index (κ3) is 2.55. The van der Waals surface area contributed by atoms with E-state index >= 15 is 0 Å². The van der Waals surface area contributed by atoms with Crippen molar-refractivity contribution < 1.29 is 9.53 Å². The zero-order valence-corrected chi connectivity index (χ0v) is 13.5. The minimum Gasteiger partial charge on any atom is -0.462 e. The molecule has 0 unspecified atom stereocenters. The fourth-order valence-corrected chi connectivity index (χ4v) is 2.80. The molecule has 0 aliphatic heterocycles. The Bertz CT molecular complexity index is 1090. The molecule has 0 fully saturated rings. The molecule has 2 N–H and O–H groups in total. The topological polar surface area (TPSA) is 95.4 Å². The first kappa shape index (κ1) is 15.1. The molecule has 25 heavy (non-hydrogen) atoms. The zero-order valence-electron chi connectivity index (χ0n) is 13.5. The quantitative estimate of drug-likeness (QED) is 0.579. The van der Waals surface area contributed by atoms with Crippen LogP contribution < -0.4 is 5.73 Å². The predicted octanol–water partition coefficient (Wildman–Crippen LogP) is 2.70. The lowest BCUT2D eigenvalue weighted by Gasteiger charge is -2.07. The van der Waals surface area contributed by atoms with Gasteiger partial charge in [0.2, 0.25) is 0 Å². The molecule has 124 valence electrons. The van der Waals surface area contributed by atoms with Crippen LogP contribution in [0, 0.1) is 0 Å². The number of rotatable bonds is 3. The van der Waals surface area contributed by atoms with Gasteiger partial charge in [-0.3, -0.25) is 0 Å². The molecule has 3 aromatic heterocycles. The van der Waals surface area contributed by atoms with Gasteiger partial charge in [0.15, 0.2) is 0 Å². The van der Waals surface area contributed by atoms with E-state index in [1.54, 1.807) is 25.4 Å². The summed E-state index contributed by atoms with van der Waals surface area (Å²) < 4.78 is 6.91. The van der Waals surface area contributed by atoms with Crippen molar-refractivity contribution in [1.82, 2.24) is 19.6 Å². The van der Waals surface area contributed by atoms with Crippen LogP contribution in [0.5, 0.6) is 0 Å². The van der Waals surface area contributed by atoms with E-state index in [-0.39, 0.29) is 5.97 Å². The van der Waals surface area contributed by atoms with Crippen LogP contribution in [-0.2, 0) is 4.74 Å². The summed E-state index contributed by atoms with van der Waals surface area (Å²) in [5.41, 5.74) is 10.4. The van der Waals surface area contributed by atoms with E-state index in [4.69, 9.17) is 10.5 Å². The third-order valence-corrected chi connectivity index (χ3v) is 3.94. The van der Waals surface area contributed by atoms with E-state index in [1.807, 2.05) is 34.7 Å².